The smallest absolute Gasteiger partial charge is 0.245 e. The van der Waals surface area contributed by atoms with E-state index in [0.29, 0.717) is 41.7 Å². The van der Waals surface area contributed by atoms with Crippen LogP contribution in [0.4, 0.5) is 0 Å². The van der Waals surface area contributed by atoms with Crippen LogP contribution in [0.15, 0.2) is 42.5 Å². The van der Waals surface area contributed by atoms with Gasteiger partial charge in [0.25, 0.3) is 0 Å². The molecular formula is C23H26N4O4. The van der Waals surface area contributed by atoms with Crippen molar-refractivity contribution in [3.05, 3.63) is 53.9 Å². The molecule has 4 rings (SSSR count). The SMILES string of the molecule is COc1ccc(-c2nnc3n2[C@@H](C)C(=O)N(CCc2ccccc2)C3)c(OC)c1OC. The zero-order valence-corrected chi connectivity index (χ0v) is 18.2. The van der Waals surface area contributed by atoms with E-state index in [0.717, 1.165) is 12.2 Å². The normalized spacial score (nSPS) is 15.5. The molecule has 0 radical (unpaired) electrons. The first-order valence-electron chi connectivity index (χ1n) is 10.1. The van der Waals surface area contributed by atoms with Crippen LogP contribution < -0.4 is 14.2 Å². The number of hydrogen-bond donors (Lipinski definition) is 0. The van der Waals surface area contributed by atoms with Crippen molar-refractivity contribution >= 4 is 5.91 Å². The van der Waals surface area contributed by atoms with Gasteiger partial charge in [-0.25, -0.2) is 0 Å². The van der Waals surface area contributed by atoms with E-state index in [1.54, 1.807) is 27.4 Å². The van der Waals surface area contributed by atoms with Crippen molar-refractivity contribution in [2.75, 3.05) is 27.9 Å². The van der Waals surface area contributed by atoms with Crippen molar-refractivity contribution in [1.82, 2.24) is 19.7 Å². The topological polar surface area (TPSA) is 78.7 Å². The third-order valence-corrected chi connectivity index (χ3v) is 5.61. The zero-order valence-electron chi connectivity index (χ0n) is 18.2. The molecule has 1 amide bonds. The van der Waals surface area contributed by atoms with Gasteiger partial charge in [0, 0.05) is 6.54 Å². The molecule has 1 atom stereocenters. The molecule has 0 saturated carbocycles. The maximum Gasteiger partial charge on any atom is 0.245 e. The van der Waals surface area contributed by atoms with Crippen LogP contribution >= 0.6 is 0 Å². The lowest BCUT2D eigenvalue weighted by atomic mass is 10.1. The van der Waals surface area contributed by atoms with Crippen LogP contribution in [0.25, 0.3) is 11.4 Å². The molecule has 2 heterocycles. The van der Waals surface area contributed by atoms with Crippen molar-refractivity contribution in [3.63, 3.8) is 0 Å². The lowest BCUT2D eigenvalue weighted by Gasteiger charge is -2.32. The number of fused-ring (bicyclic) bond motifs is 1. The van der Waals surface area contributed by atoms with E-state index < -0.39 is 6.04 Å². The first kappa shape index (κ1) is 20.7. The Morgan fingerprint density at radius 1 is 0.968 bits per heavy atom. The number of amides is 1. The number of carbonyl (C=O) groups is 1. The quantitative estimate of drug-likeness (QED) is 0.582. The molecule has 0 saturated heterocycles. The molecule has 3 aromatic rings. The molecule has 8 nitrogen and oxygen atoms in total. The molecule has 2 aromatic carbocycles. The van der Waals surface area contributed by atoms with Gasteiger partial charge in [-0.1, -0.05) is 30.3 Å². The summed E-state index contributed by atoms with van der Waals surface area (Å²) >= 11 is 0. The van der Waals surface area contributed by atoms with Crippen LogP contribution in [0.1, 0.15) is 24.4 Å². The highest BCUT2D eigenvalue weighted by molar-refractivity contribution is 5.83. The predicted molar refractivity (Wildman–Crippen MR) is 115 cm³/mol. The molecule has 31 heavy (non-hydrogen) atoms. The fraction of sp³-hybridized carbons (Fsp3) is 0.348. The molecule has 8 heteroatoms. The van der Waals surface area contributed by atoms with Crippen molar-refractivity contribution < 1.29 is 19.0 Å². The van der Waals surface area contributed by atoms with Crippen LogP contribution in [-0.4, -0.2) is 53.4 Å². The average Bonchev–Trinajstić information content (AvgIpc) is 3.23. The van der Waals surface area contributed by atoms with E-state index in [2.05, 4.69) is 22.3 Å². The molecule has 162 valence electrons. The lowest BCUT2D eigenvalue weighted by Crippen LogP contribution is -2.42. The molecule has 0 aliphatic carbocycles. The highest BCUT2D eigenvalue weighted by Crippen LogP contribution is 2.44. The third kappa shape index (κ3) is 3.69. The van der Waals surface area contributed by atoms with Gasteiger partial charge >= 0.3 is 0 Å². The van der Waals surface area contributed by atoms with Gasteiger partial charge < -0.3 is 19.1 Å². The van der Waals surface area contributed by atoms with Gasteiger partial charge in [-0.15, -0.1) is 10.2 Å². The van der Waals surface area contributed by atoms with Gasteiger partial charge in [-0.05, 0) is 31.0 Å². The Hall–Kier alpha value is -3.55. The summed E-state index contributed by atoms with van der Waals surface area (Å²) in [6.07, 6.45) is 0.795. The highest BCUT2D eigenvalue weighted by atomic mass is 16.5. The second kappa shape index (κ2) is 8.67. The number of rotatable bonds is 7. The molecule has 0 bridgehead atoms. The average molecular weight is 422 g/mol. The minimum Gasteiger partial charge on any atom is -0.493 e. The number of nitrogens with zero attached hydrogens (tertiary/aromatic N) is 4. The van der Waals surface area contributed by atoms with Crippen molar-refractivity contribution in [2.24, 2.45) is 0 Å². The van der Waals surface area contributed by atoms with E-state index in [4.69, 9.17) is 14.2 Å². The number of ether oxygens (including phenoxy) is 3. The van der Waals surface area contributed by atoms with Gasteiger partial charge in [0.15, 0.2) is 23.1 Å². The van der Waals surface area contributed by atoms with Gasteiger partial charge in [-0.2, -0.15) is 0 Å². The van der Waals surface area contributed by atoms with Crippen molar-refractivity contribution in [2.45, 2.75) is 25.9 Å². The predicted octanol–water partition coefficient (Wildman–Crippen LogP) is 3.12. The summed E-state index contributed by atoms with van der Waals surface area (Å²) in [4.78, 5) is 15.0. The molecule has 1 aliphatic rings. The molecular weight excluding hydrogens is 396 g/mol. The fourth-order valence-electron chi connectivity index (χ4n) is 4.02. The molecule has 1 aliphatic heterocycles. The summed E-state index contributed by atoms with van der Waals surface area (Å²) < 4.78 is 18.4. The molecule has 0 unspecified atom stereocenters. The standard InChI is InChI=1S/C23H26N4O4/c1-15-23(28)26(13-12-16-8-6-5-7-9-16)14-19-24-25-22(27(15)19)17-10-11-18(29-2)21(31-4)20(17)30-3/h5-11,15H,12-14H2,1-4H3/t15-/m0/s1. The van der Waals surface area contributed by atoms with E-state index in [-0.39, 0.29) is 5.91 Å². The minimum atomic E-state index is -0.428. The van der Waals surface area contributed by atoms with E-state index in [9.17, 15) is 4.79 Å². The van der Waals surface area contributed by atoms with E-state index in [1.807, 2.05) is 40.7 Å². The summed E-state index contributed by atoms with van der Waals surface area (Å²) in [5.41, 5.74) is 1.89. The van der Waals surface area contributed by atoms with E-state index >= 15 is 0 Å². The molecule has 0 fully saturated rings. The maximum atomic E-state index is 13.1. The number of hydrogen-bond acceptors (Lipinski definition) is 6. The van der Waals surface area contributed by atoms with Gasteiger partial charge in [0.05, 0.1) is 33.4 Å². The Bertz CT molecular complexity index is 1080. The van der Waals surface area contributed by atoms with Crippen molar-refractivity contribution in [1.29, 1.82) is 0 Å². The maximum absolute atomic E-state index is 13.1. The Labute approximate surface area is 181 Å². The van der Waals surface area contributed by atoms with Crippen molar-refractivity contribution in [3.8, 4) is 28.6 Å². The lowest BCUT2D eigenvalue weighted by molar-refractivity contribution is -0.136. The Morgan fingerprint density at radius 3 is 2.39 bits per heavy atom. The molecule has 0 N–H and O–H groups in total. The van der Waals surface area contributed by atoms with Crippen LogP contribution in [0.3, 0.4) is 0 Å². The first-order chi connectivity index (χ1) is 15.1. The highest BCUT2D eigenvalue weighted by Gasteiger charge is 2.34. The summed E-state index contributed by atoms with van der Waals surface area (Å²) in [5, 5.41) is 8.79. The monoisotopic (exact) mass is 422 g/mol. The number of carbonyl (C=O) groups excluding carboxylic acids is 1. The van der Waals surface area contributed by atoms with Crippen LogP contribution in [0, 0.1) is 0 Å². The summed E-state index contributed by atoms with van der Waals surface area (Å²) in [6.45, 7) is 2.92. The number of methoxy groups -OCH3 is 3. The number of benzene rings is 2. The Morgan fingerprint density at radius 2 is 1.71 bits per heavy atom. The van der Waals surface area contributed by atoms with Gasteiger partial charge in [0.2, 0.25) is 11.7 Å². The van der Waals surface area contributed by atoms with Gasteiger partial charge in [0.1, 0.15) is 6.04 Å². The van der Waals surface area contributed by atoms with Crippen LogP contribution in [0.2, 0.25) is 0 Å². The Balaban J connectivity index is 1.66. The fourth-order valence-corrected chi connectivity index (χ4v) is 4.02. The van der Waals surface area contributed by atoms with E-state index in [1.165, 1.54) is 5.56 Å². The Kier molecular flexibility index (Phi) is 5.79. The summed E-state index contributed by atoms with van der Waals surface area (Å²) in [5.74, 6) is 2.87. The van der Waals surface area contributed by atoms with Crippen LogP contribution in [0.5, 0.6) is 17.2 Å². The summed E-state index contributed by atoms with van der Waals surface area (Å²) in [6, 6.07) is 13.4. The van der Waals surface area contributed by atoms with Gasteiger partial charge in [-0.3, -0.25) is 9.36 Å². The second-order valence-electron chi connectivity index (χ2n) is 7.36. The second-order valence-corrected chi connectivity index (χ2v) is 7.36. The third-order valence-electron chi connectivity index (χ3n) is 5.61. The first-order valence-corrected chi connectivity index (χ1v) is 10.1. The zero-order chi connectivity index (χ0) is 22.0. The molecule has 1 aromatic heterocycles. The molecule has 0 spiro atoms. The minimum absolute atomic E-state index is 0.0453. The summed E-state index contributed by atoms with van der Waals surface area (Å²) in [7, 11) is 4.69. The van der Waals surface area contributed by atoms with Crippen LogP contribution in [-0.2, 0) is 17.8 Å². The number of aromatic nitrogens is 3. The largest absolute Gasteiger partial charge is 0.493 e.